The third kappa shape index (κ3) is 4.57. The first-order chi connectivity index (χ1) is 11.2. The van der Waals surface area contributed by atoms with Gasteiger partial charge in [0.15, 0.2) is 0 Å². The Kier molecular flexibility index (Phi) is 5.31. The zero-order chi connectivity index (χ0) is 16.1. The van der Waals surface area contributed by atoms with E-state index in [2.05, 4.69) is 22.8 Å². The Labute approximate surface area is 138 Å². The van der Waals surface area contributed by atoms with E-state index in [1.54, 1.807) is 0 Å². The van der Waals surface area contributed by atoms with Gasteiger partial charge in [-0.15, -0.1) is 0 Å². The van der Waals surface area contributed by atoms with Gasteiger partial charge in [-0.25, -0.2) is 0 Å². The summed E-state index contributed by atoms with van der Waals surface area (Å²) in [5, 5.41) is 6.12. The molecule has 2 amide bonds. The van der Waals surface area contributed by atoms with E-state index in [1.807, 2.05) is 18.2 Å². The smallest absolute Gasteiger partial charge is 0.223 e. The summed E-state index contributed by atoms with van der Waals surface area (Å²) in [7, 11) is 0. The molecule has 1 aromatic carbocycles. The van der Waals surface area contributed by atoms with E-state index >= 15 is 0 Å². The number of hydrogen-bond donors (Lipinski definition) is 2. The van der Waals surface area contributed by atoms with Crippen LogP contribution in [0.4, 0.5) is 0 Å². The first kappa shape index (κ1) is 16.0. The highest BCUT2D eigenvalue weighted by atomic mass is 16.2. The summed E-state index contributed by atoms with van der Waals surface area (Å²) in [6.45, 7) is 0.599. The van der Waals surface area contributed by atoms with Crippen LogP contribution in [0.2, 0.25) is 0 Å². The molecular weight excluding hydrogens is 288 g/mol. The fourth-order valence-electron chi connectivity index (χ4n) is 3.10. The maximum atomic E-state index is 12.2. The van der Waals surface area contributed by atoms with Crippen molar-refractivity contribution in [3.8, 4) is 0 Å². The van der Waals surface area contributed by atoms with Crippen molar-refractivity contribution >= 4 is 11.8 Å². The second kappa shape index (κ2) is 7.62. The summed E-state index contributed by atoms with van der Waals surface area (Å²) in [4.78, 5) is 23.8. The zero-order valence-electron chi connectivity index (χ0n) is 13.6. The van der Waals surface area contributed by atoms with Crippen LogP contribution in [0.5, 0.6) is 0 Å². The first-order valence-electron chi connectivity index (χ1n) is 8.86. The number of benzene rings is 1. The Morgan fingerprint density at radius 3 is 2.43 bits per heavy atom. The van der Waals surface area contributed by atoms with Crippen LogP contribution in [-0.2, 0) is 9.59 Å². The van der Waals surface area contributed by atoms with Crippen molar-refractivity contribution in [1.29, 1.82) is 0 Å². The van der Waals surface area contributed by atoms with Gasteiger partial charge < -0.3 is 10.6 Å². The Morgan fingerprint density at radius 2 is 1.83 bits per heavy atom. The lowest BCUT2D eigenvalue weighted by atomic mass is 9.77. The lowest BCUT2D eigenvalue weighted by Gasteiger charge is -2.34. The van der Waals surface area contributed by atoms with Gasteiger partial charge in [-0.05, 0) is 43.6 Å². The molecule has 0 spiro atoms. The minimum atomic E-state index is 0.0893. The Morgan fingerprint density at radius 1 is 1.09 bits per heavy atom. The molecule has 4 heteroatoms. The molecule has 0 aliphatic heterocycles. The second-order valence-corrected chi connectivity index (χ2v) is 6.82. The molecule has 3 rings (SSSR count). The summed E-state index contributed by atoms with van der Waals surface area (Å²) >= 11 is 0. The van der Waals surface area contributed by atoms with Crippen LogP contribution in [0, 0.1) is 11.8 Å². The average Bonchev–Trinajstić information content (AvgIpc) is 3.35. The second-order valence-electron chi connectivity index (χ2n) is 6.82. The molecule has 0 saturated heterocycles. The quantitative estimate of drug-likeness (QED) is 0.725. The third-order valence-corrected chi connectivity index (χ3v) is 4.92. The van der Waals surface area contributed by atoms with E-state index < -0.39 is 0 Å². The van der Waals surface area contributed by atoms with Crippen LogP contribution in [0.15, 0.2) is 30.3 Å². The van der Waals surface area contributed by atoms with Crippen molar-refractivity contribution in [2.24, 2.45) is 11.8 Å². The SMILES string of the molecule is O=C(CCCNC(=O)C1CC1)NC(c1ccccc1)C1CCC1. The topological polar surface area (TPSA) is 58.2 Å². The van der Waals surface area contributed by atoms with Crippen molar-refractivity contribution in [3.05, 3.63) is 35.9 Å². The average molecular weight is 314 g/mol. The number of rotatable bonds is 8. The Hall–Kier alpha value is -1.84. The van der Waals surface area contributed by atoms with Gasteiger partial charge in [0.1, 0.15) is 0 Å². The van der Waals surface area contributed by atoms with Crippen molar-refractivity contribution < 1.29 is 9.59 Å². The van der Waals surface area contributed by atoms with Gasteiger partial charge in [-0.2, -0.15) is 0 Å². The van der Waals surface area contributed by atoms with E-state index in [4.69, 9.17) is 0 Å². The summed E-state index contributed by atoms with van der Waals surface area (Å²) in [5.74, 6) is 1.05. The maximum Gasteiger partial charge on any atom is 0.223 e. The fourth-order valence-corrected chi connectivity index (χ4v) is 3.10. The minimum absolute atomic E-state index is 0.0893. The molecule has 23 heavy (non-hydrogen) atoms. The molecular formula is C19H26N2O2. The number of carbonyl (C=O) groups is 2. The minimum Gasteiger partial charge on any atom is -0.356 e. The lowest BCUT2D eigenvalue weighted by molar-refractivity contribution is -0.124. The van der Waals surface area contributed by atoms with E-state index in [9.17, 15) is 9.59 Å². The van der Waals surface area contributed by atoms with Gasteiger partial charge in [0.05, 0.1) is 6.04 Å². The van der Waals surface area contributed by atoms with E-state index in [1.165, 1.54) is 24.8 Å². The van der Waals surface area contributed by atoms with Crippen LogP contribution in [-0.4, -0.2) is 18.4 Å². The molecule has 1 aromatic rings. The van der Waals surface area contributed by atoms with E-state index in [0.29, 0.717) is 25.3 Å². The standard InChI is InChI=1S/C19H26N2O2/c22-17(10-5-13-20-19(23)16-11-12-16)21-18(15-8-4-9-15)14-6-2-1-3-7-14/h1-3,6-7,15-16,18H,4-5,8-13H2,(H,20,23)(H,21,22). The van der Waals surface area contributed by atoms with Gasteiger partial charge in [-0.3, -0.25) is 9.59 Å². The highest BCUT2D eigenvalue weighted by molar-refractivity contribution is 5.81. The van der Waals surface area contributed by atoms with Crippen molar-refractivity contribution in [3.63, 3.8) is 0 Å². The highest BCUT2D eigenvalue weighted by Gasteiger charge is 2.30. The normalized spacial score (nSPS) is 18.8. The van der Waals surface area contributed by atoms with E-state index in [-0.39, 0.29) is 23.8 Å². The van der Waals surface area contributed by atoms with Gasteiger partial charge in [0, 0.05) is 18.9 Å². The van der Waals surface area contributed by atoms with Gasteiger partial charge in [-0.1, -0.05) is 36.8 Å². The summed E-state index contributed by atoms with van der Waals surface area (Å²) in [6.07, 6.45) is 6.86. The molecule has 2 aliphatic rings. The molecule has 4 nitrogen and oxygen atoms in total. The third-order valence-electron chi connectivity index (χ3n) is 4.92. The first-order valence-corrected chi connectivity index (χ1v) is 8.86. The predicted molar refractivity (Wildman–Crippen MR) is 89.6 cm³/mol. The van der Waals surface area contributed by atoms with Gasteiger partial charge in [0.2, 0.25) is 11.8 Å². The summed E-state index contributed by atoms with van der Waals surface area (Å²) < 4.78 is 0. The molecule has 124 valence electrons. The molecule has 0 aromatic heterocycles. The lowest BCUT2D eigenvalue weighted by Crippen LogP contribution is -2.36. The molecule has 1 atom stereocenters. The fraction of sp³-hybridized carbons (Fsp3) is 0.579. The highest BCUT2D eigenvalue weighted by Crippen LogP contribution is 2.37. The van der Waals surface area contributed by atoms with Gasteiger partial charge in [0.25, 0.3) is 0 Å². The van der Waals surface area contributed by atoms with Crippen molar-refractivity contribution in [2.45, 2.75) is 51.0 Å². The number of carbonyl (C=O) groups excluding carboxylic acids is 2. The predicted octanol–water partition coefficient (Wildman–Crippen LogP) is 2.95. The number of amides is 2. The largest absolute Gasteiger partial charge is 0.356 e. The van der Waals surface area contributed by atoms with Crippen molar-refractivity contribution in [1.82, 2.24) is 10.6 Å². The zero-order valence-corrected chi connectivity index (χ0v) is 13.6. The molecule has 2 fully saturated rings. The molecule has 0 heterocycles. The van der Waals surface area contributed by atoms with Crippen molar-refractivity contribution in [2.75, 3.05) is 6.54 Å². The van der Waals surface area contributed by atoms with Crippen LogP contribution in [0.1, 0.15) is 56.6 Å². The molecule has 1 unspecified atom stereocenters. The summed E-state index contributed by atoms with van der Waals surface area (Å²) in [5.41, 5.74) is 1.20. The Bertz CT molecular complexity index is 536. The summed E-state index contributed by atoms with van der Waals surface area (Å²) in [6, 6.07) is 10.4. The molecule has 0 radical (unpaired) electrons. The molecule has 2 saturated carbocycles. The maximum absolute atomic E-state index is 12.2. The van der Waals surface area contributed by atoms with Gasteiger partial charge >= 0.3 is 0 Å². The number of nitrogens with one attached hydrogen (secondary N) is 2. The van der Waals surface area contributed by atoms with Crippen LogP contribution in [0.3, 0.4) is 0 Å². The molecule has 0 bridgehead atoms. The number of hydrogen-bond acceptors (Lipinski definition) is 2. The van der Waals surface area contributed by atoms with Crippen LogP contribution in [0.25, 0.3) is 0 Å². The van der Waals surface area contributed by atoms with Crippen LogP contribution < -0.4 is 10.6 Å². The Balaban J connectivity index is 1.43. The monoisotopic (exact) mass is 314 g/mol. The van der Waals surface area contributed by atoms with E-state index in [0.717, 1.165) is 12.8 Å². The molecule has 2 aliphatic carbocycles. The van der Waals surface area contributed by atoms with Crippen LogP contribution >= 0.6 is 0 Å². The molecule has 2 N–H and O–H groups in total.